The Labute approximate surface area is 164 Å². The molecule has 1 aliphatic heterocycles. The number of benzene rings is 1. The fourth-order valence-corrected chi connectivity index (χ4v) is 3.28. The molecule has 0 bridgehead atoms. The molecule has 6 heteroatoms. The number of imidazole rings is 1. The first-order valence-corrected chi connectivity index (χ1v) is 9.74. The van der Waals surface area contributed by atoms with E-state index in [1.165, 1.54) is 12.8 Å². The third-order valence-electron chi connectivity index (χ3n) is 4.81. The lowest BCUT2D eigenvalue weighted by molar-refractivity contribution is 0.277. The van der Waals surface area contributed by atoms with Gasteiger partial charge in [-0.3, -0.25) is 0 Å². The van der Waals surface area contributed by atoms with E-state index in [1.54, 1.807) is 6.20 Å². The van der Waals surface area contributed by atoms with Gasteiger partial charge in [-0.25, -0.2) is 4.98 Å². The lowest BCUT2D eigenvalue weighted by atomic mass is 10.2. The van der Waals surface area contributed by atoms with Crippen LogP contribution in [0.2, 0.25) is 0 Å². The van der Waals surface area contributed by atoms with Crippen molar-refractivity contribution in [2.24, 2.45) is 0 Å². The Kier molecular flexibility index (Phi) is 5.74. The maximum Gasteiger partial charge on any atom is 0.210 e. The van der Waals surface area contributed by atoms with E-state index in [9.17, 15) is 0 Å². The van der Waals surface area contributed by atoms with Gasteiger partial charge in [0.05, 0.1) is 6.54 Å². The highest BCUT2D eigenvalue weighted by molar-refractivity contribution is 5.41. The van der Waals surface area contributed by atoms with Crippen LogP contribution in [-0.4, -0.2) is 33.9 Å². The number of ether oxygens (including phenoxy) is 1. The van der Waals surface area contributed by atoms with E-state index < -0.39 is 0 Å². The van der Waals surface area contributed by atoms with Gasteiger partial charge in [-0.2, -0.15) is 0 Å². The Morgan fingerprint density at radius 1 is 1.29 bits per heavy atom. The molecule has 0 saturated carbocycles. The monoisotopic (exact) mass is 376 g/mol. The summed E-state index contributed by atoms with van der Waals surface area (Å²) in [6.07, 6.45) is 7.05. The highest BCUT2D eigenvalue weighted by Gasteiger charge is 2.14. The molecule has 0 amide bonds. The molecule has 0 spiro atoms. The molecule has 0 radical (unpaired) electrons. The van der Waals surface area contributed by atoms with Crippen molar-refractivity contribution in [3.05, 3.63) is 65.6 Å². The first-order valence-electron chi connectivity index (χ1n) is 9.74. The number of hydrogen-bond donors (Lipinski definition) is 1. The molecule has 4 rings (SSSR count). The quantitative estimate of drug-likeness (QED) is 0.670. The number of nitrogens with zero attached hydrogens (tertiary/aromatic N) is 3. The Balaban J connectivity index is 1.34. The molecule has 1 aromatic carbocycles. The van der Waals surface area contributed by atoms with Crippen molar-refractivity contribution in [2.45, 2.75) is 38.8 Å². The first-order chi connectivity index (χ1) is 13.8. The summed E-state index contributed by atoms with van der Waals surface area (Å²) in [7, 11) is 0. The average molecular weight is 376 g/mol. The third-order valence-corrected chi connectivity index (χ3v) is 4.81. The van der Waals surface area contributed by atoms with E-state index >= 15 is 0 Å². The number of hydrogen-bond acceptors (Lipinski definition) is 5. The smallest absolute Gasteiger partial charge is 0.210 e. The van der Waals surface area contributed by atoms with Crippen molar-refractivity contribution in [3.8, 4) is 17.6 Å². The van der Waals surface area contributed by atoms with Crippen LogP contribution < -0.4 is 10.1 Å². The summed E-state index contributed by atoms with van der Waals surface area (Å²) in [5.41, 5.74) is 1.74. The van der Waals surface area contributed by atoms with Gasteiger partial charge in [-0.15, -0.1) is 0 Å². The van der Waals surface area contributed by atoms with E-state index in [4.69, 9.17) is 9.26 Å². The number of rotatable bonds is 6. The minimum Gasteiger partial charge on any atom is -0.492 e. The summed E-state index contributed by atoms with van der Waals surface area (Å²) >= 11 is 0. The van der Waals surface area contributed by atoms with Crippen LogP contribution in [0.25, 0.3) is 0 Å². The van der Waals surface area contributed by atoms with Crippen molar-refractivity contribution in [2.75, 3.05) is 13.2 Å². The molecule has 1 fully saturated rings. The fraction of sp³-hybridized carbons (Fsp3) is 0.364. The van der Waals surface area contributed by atoms with Crippen LogP contribution >= 0.6 is 0 Å². The van der Waals surface area contributed by atoms with Crippen LogP contribution in [0.15, 0.2) is 47.2 Å². The molecular weight excluding hydrogens is 352 g/mol. The largest absolute Gasteiger partial charge is 0.492 e. The molecule has 6 nitrogen and oxygen atoms in total. The molecule has 0 aliphatic carbocycles. The van der Waals surface area contributed by atoms with Crippen LogP contribution in [0, 0.1) is 11.8 Å². The van der Waals surface area contributed by atoms with E-state index in [-0.39, 0.29) is 0 Å². The maximum atomic E-state index is 5.83. The minimum absolute atomic E-state index is 0.468. The predicted octanol–water partition coefficient (Wildman–Crippen LogP) is 3.01. The Bertz CT molecular complexity index is 956. The van der Waals surface area contributed by atoms with E-state index in [0.29, 0.717) is 25.0 Å². The average Bonchev–Trinajstić information content (AvgIpc) is 3.48. The van der Waals surface area contributed by atoms with Gasteiger partial charge >= 0.3 is 0 Å². The third kappa shape index (κ3) is 4.62. The fourth-order valence-electron chi connectivity index (χ4n) is 3.28. The van der Waals surface area contributed by atoms with Crippen molar-refractivity contribution in [1.29, 1.82) is 0 Å². The molecule has 1 atom stereocenters. The molecule has 1 N–H and O–H groups in total. The molecule has 0 unspecified atom stereocenters. The Morgan fingerprint density at radius 3 is 2.96 bits per heavy atom. The molecule has 3 heterocycles. The van der Waals surface area contributed by atoms with E-state index in [2.05, 4.69) is 38.8 Å². The van der Waals surface area contributed by atoms with Gasteiger partial charge in [0.1, 0.15) is 23.9 Å². The second kappa shape index (κ2) is 8.77. The van der Waals surface area contributed by atoms with Gasteiger partial charge < -0.3 is 19.1 Å². The van der Waals surface area contributed by atoms with Gasteiger partial charge in [0.25, 0.3) is 0 Å². The summed E-state index contributed by atoms with van der Waals surface area (Å²) in [6, 6.07) is 10.2. The molecule has 1 saturated heterocycles. The summed E-state index contributed by atoms with van der Waals surface area (Å²) in [5, 5.41) is 7.53. The van der Waals surface area contributed by atoms with Crippen molar-refractivity contribution >= 4 is 0 Å². The van der Waals surface area contributed by atoms with Gasteiger partial charge in [-0.05, 0) is 49.6 Å². The predicted molar refractivity (Wildman–Crippen MR) is 106 cm³/mol. The molecule has 1 aliphatic rings. The summed E-state index contributed by atoms with van der Waals surface area (Å²) in [6.45, 7) is 4.52. The zero-order valence-electron chi connectivity index (χ0n) is 16.0. The second-order valence-electron chi connectivity index (χ2n) is 6.89. The topological polar surface area (TPSA) is 65.1 Å². The number of nitrogens with one attached hydrogen (secondary N) is 1. The van der Waals surface area contributed by atoms with Gasteiger partial charge in [0, 0.05) is 36.5 Å². The molecule has 144 valence electrons. The zero-order valence-corrected chi connectivity index (χ0v) is 16.0. The molecule has 3 aromatic rings. The van der Waals surface area contributed by atoms with Crippen LogP contribution in [0.1, 0.15) is 42.6 Å². The van der Waals surface area contributed by atoms with Crippen molar-refractivity contribution in [3.63, 3.8) is 0 Å². The Hall–Kier alpha value is -3.04. The maximum absolute atomic E-state index is 5.83. The molecular formula is C22H24N4O2. The summed E-state index contributed by atoms with van der Waals surface area (Å²) in [4.78, 5) is 4.32. The second-order valence-corrected chi connectivity index (χ2v) is 6.89. The van der Waals surface area contributed by atoms with Crippen LogP contribution in [0.4, 0.5) is 0 Å². The zero-order chi connectivity index (χ0) is 19.2. The van der Waals surface area contributed by atoms with Crippen molar-refractivity contribution in [1.82, 2.24) is 20.0 Å². The lowest BCUT2D eigenvalue weighted by Crippen LogP contribution is -2.28. The van der Waals surface area contributed by atoms with Crippen molar-refractivity contribution < 1.29 is 9.26 Å². The normalized spacial score (nSPS) is 16.0. The number of aromatic nitrogens is 3. The van der Waals surface area contributed by atoms with Crippen LogP contribution in [-0.2, 0) is 13.0 Å². The highest BCUT2D eigenvalue weighted by Crippen LogP contribution is 2.14. The Morgan fingerprint density at radius 2 is 2.18 bits per heavy atom. The summed E-state index contributed by atoms with van der Waals surface area (Å²) in [5.74, 6) is 8.59. The van der Waals surface area contributed by atoms with Gasteiger partial charge in [0.15, 0.2) is 0 Å². The molecule has 2 aromatic heterocycles. The van der Waals surface area contributed by atoms with E-state index in [1.807, 2.05) is 36.5 Å². The number of aryl methyl sites for hydroxylation is 1. The SMILES string of the molecule is CCc1nccn1Cc1cc(C#Cc2ccc(OC[C@@H]3CCCN3)cc2)on1. The first kappa shape index (κ1) is 18.3. The molecule has 28 heavy (non-hydrogen) atoms. The standard InChI is InChI=1S/C22H24N4O2/c1-2-22-24-12-13-26(22)15-19-14-21(28-25-19)10-7-17-5-8-20(9-6-17)27-16-18-4-3-11-23-18/h5-6,8-9,12-14,18,23H,2-4,11,15-16H2,1H3/t18-/m0/s1. The van der Waals surface area contributed by atoms with Crippen LogP contribution in [0.3, 0.4) is 0 Å². The van der Waals surface area contributed by atoms with Gasteiger partial charge in [-0.1, -0.05) is 18.0 Å². The lowest BCUT2D eigenvalue weighted by Gasteiger charge is -2.11. The van der Waals surface area contributed by atoms with Crippen LogP contribution in [0.5, 0.6) is 5.75 Å². The van der Waals surface area contributed by atoms with Gasteiger partial charge in [0.2, 0.25) is 5.76 Å². The highest BCUT2D eigenvalue weighted by atomic mass is 16.5. The van der Waals surface area contributed by atoms with E-state index in [0.717, 1.165) is 35.8 Å². The summed E-state index contributed by atoms with van der Waals surface area (Å²) < 4.78 is 13.2. The minimum atomic E-state index is 0.468.